The van der Waals surface area contributed by atoms with Crippen LogP contribution in [0.3, 0.4) is 0 Å². The smallest absolute Gasteiger partial charge is 0.309 e. The first-order valence-corrected chi connectivity index (χ1v) is 9.66. The van der Waals surface area contributed by atoms with Crippen LogP contribution < -0.4 is 5.32 Å². The van der Waals surface area contributed by atoms with Gasteiger partial charge in [0.15, 0.2) is 0 Å². The van der Waals surface area contributed by atoms with Crippen LogP contribution in [0, 0.1) is 5.92 Å². The summed E-state index contributed by atoms with van der Waals surface area (Å²) in [6.07, 6.45) is 4.08. The van der Waals surface area contributed by atoms with Gasteiger partial charge in [-0.15, -0.1) is 0 Å². The van der Waals surface area contributed by atoms with Gasteiger partial charge < -0.3 is 19.4 Å². The summed E-state index contributed by atoms with van der Waals surface area (Å²) in [4.78, 5) is 39.2. The zero-order chi connectivity index (χ0) is 20.6. The minimum absolute atomic E-state index is 0.128. The van der Waals surface area contributed by atoms with E-state index in [0.717, 1.165) is 0 Å². The number of rotatable bonds is 6. The van der Waals surface area contributed by atoms with Gasteiger partial charge in [-0.25, -0.2) is 0 Å². The van der Waals surface area contributed by atoms with Crippen LogP contribution in [0.4, 0.5) is 0 Å². The monoisotopic (exact) mass is 396 g/mol. The Bertz CT molecular complexity index is 866. The molecule has 1 aromatic heterocycles. The van der Waals surface area contributed by atoms with Gasteiger partial charge in [-0.1, -0.05) is 18.2 Å². The van der Waals surface area contributed by atoms with Gasteiger partial charge in [-0.2, -0.15) is 0 Å². The summed E-state index contributed by atoms with van der Waals surface area (Å²) in [6, 6.07) is 12.1. The largest absolute Gasteiger partial charge is 0.466 e. The predicted octanol–water partition coefficient (Wildman–Crippen LogP) is 2.85. The molecule has 0 spiro atoms. The van der Waals surface area contributed by atoms with Gasteiger partial charge in [0, 0.05) is 24.7 Å². The van der Waals surface area contributed by atoms with Crippen LogP contribution in [0.25, 0.3) is 6.08 Å². The van der Waals surface area contributed by atoms with Crippen LogP contribution in [0.1, 0.15) is 35.9 Å². The molecule has 29 heavy (non-hydrogen) atoms. The van der Waals surface area contributed by atoms with E-state index in [9.17, 15) is 14.4 Å². The Balaban J connectivity index is 1.72. The van der Waals surface area contributed by atoms with Gasteiger partial charge in [0.1, 0.15) is 11.5 Å². The second kappa shape index (κ2) is 9.73. The molecule has 1 saturated heterocycles. The van der Waals surface area contributed by atoms with E-state index in [1.54, 1.807) is 48.2 Å². The molecule has 2 heterocycles. The zero-order valence-electron chi connectivity index (χ0n) is 16.3. The Morgan fingerprint density at radius 2 is 1.86 bits per heavy atom. The number of hydrogen-bond acceptors (Lipinski definition) is 5. The summed E-state index contributed by atoms with van der Waals surface area (Å²) in [6.45, 7) is 2.95. The number of hydrogen-bond donors (Lipinski definition) is 1. The molecule has 1 aromatic carbocycles. The normalized spacial score (nSPS) is 15.1. The number of piperidine rings is 1. The van der Waals surface area contributed by atoms with Crippen LogP contribution in [0.15, 0.2) is 58.8 Å². The highest BCUT2D eigenvalue weighted by Crippen LogP contribution is 2.20. The lowest BCUT2D eigenvalue weighted by atomic mass is 9.97. The zero-order valence-corrected chi connectivity index (χ0v) is 16.3. The number of amides is 2. The Labute approximate surface area is 169 Å². The standard InChI is InChI=1S/C22H24N2O5/c1-2-28-22(27)17-10-12-24(13-11-17)21(26)19(15-18-9-6-14-29-18)23-20(25)16-7-4-3-5-8-16/h3-9,14-15,17H,2,10-13H2,1H3,(H,23,25). The molecule has 0 unspecified atom stereocenters. The van der Waals surface area contributed by atoms with Crippen molar-refractivity contribution in [2.24, 2.45) is 5.92 Å². The quantitative estimate of drug-likeness (QED) is 0.599. The van der Waals surface area contributed by atoms with E-state index < -0.39 is 0 Å². The first-order valence-electron chi connectivity index (χ1n) is 9.66. The lowest BCUT2D eigenvalue weighted by Gasteiger charge is -2.31. The molecule has 3 rings (SSSR count). The number of benzene rings is 1. The highest BCUT2D eigenvalue weighted by Gasteiger charge is 2.30. The first kappa shape index (κ1) is 20.4. The second-order valence-corrected chi connectivity index (χ2v) is 6.71. The van der Waals surface area contributed by atoms with Gasteiger partial charge in [0.2, 0.25) is 0 Å². The molecule has 1 N–H and O–H groups in total. The number of nitrogens with one attached hydrogen (secondary N) is 1. The number of carbonyl (C=O) groups is 3. The number of likely N-dealkylation sites (tertiary alicyclic amines) is 1. The summed E-state index contributed by atoms with van der Waals surface area (Å²) < 4.78 is 10.4. The molecule has 2 amide bonds. The minimum Gasteiger partial charge on any atom is -0.466 e. The summed E-state index contributed by atoms with van der Waals surface area (Å²) in [7, 11) is 0. The maximum absolute atomic E-state index is 13.1. The third-order valence-corrected chi connectivity index (χ3v) is 4.75. The number of nitrogens with zero attached hydrogens (tertiary/aromatic N) is 1. The van der Waals surface area contributed by atoms with E-state index >= 15 is 0 Å². The van der Waals surface area contributed by atoms with Crippen molar-refractivity contribution in [1.82, 2.24) is 10.2 Å². The molecular weight excluding hydrogens is 372 g/mol. The molecule has 0 aliphatic carbocycles. The van der Waals surface area contributed by atoms with Crippen molar-refractivity contribution in [2.75, 3.05) is 19.7 Å². The molecule has 1 fully saturated rings. The Kier molecular flexibility index (Phi) is 6.84. The fourth-order valence-electron chi connectivity index (χ4n) is 3.20. The van der Waals surface area contributed by atoms with E-state index in [0.29, 0.717) is 43.9 Å². The van der Waals surface area contributed by atoms with E-state index in [1.807, 2.05) is 6.07 Å². The highest BCUT2D eigenvalue weighted by molar-refractivity contribution is 6.05. The van der Waals surface area contributed by atoms with Crippen molar-refractivity contribution >= 4 is 23.9 Å². The van der Waals surface area contributed by atoms with Gasteiger partial charge in [-0.05, 0) is 44.0 Å². The Morgan fingerprint density at radius 3 is 2.48 bits per heavy atom. The average molecular weight is 396 g/mol. The van der Waals surface area contributed by atoms with Crippen molar-refractivity contribution in [3.63, 3.8) is 0 Å². The Morgan fingerprint density at radius 1 is 1.14 bits per heavy atom. The number of ether oxygens (including phenoxy) is 1. The highest BCUT2D eigenvalue weighted by atomic mass is 16.5. The van der Waals surface area contributed by atoms with Gasteiger partial charge in [0.25, 0.3) is 11.8 Å². The topological polar surface area (TPSA) is 88.8 Å². The van der Waals surface area contributed by atoms with Crippen molar-refractivity contribution in [1.29, 1.82) is 0 Å². The molecule has 7 nitrogen and oxygen atoms in total. The molecule has 0 radical (unpaired) electrons. The first-order chi connectivity index (χ1) is 14.1. The third kappa shape index (κ3) is 5.34. The van der Waals surface area contributed by atoms with Crippen molar-refractivity contribution < 1.29 is 23.5 Å². The lowest BCUT2D eigenvalue weighted by Crippen LogP contribution is -2.44. The third-order valence-electron chi connectivity index (χ3n) is 4.75. The van der Waals surface area contributed by atoms with Crippen molar-refractivity contribution in [3.8, 4) is 0 Å². The molecular formula is C22H24N2O5. The molecule has 2 aromatic rings. The maximum Gasteiger partial charge on any atom is 0.309 e. The van der Waals surface area contributed by atoms with E-state index in [4.69, 9.17) is 9.15 Å². The predicted molar refractivity (Wildman–Crippen MR) is 107 cm³/mol. The van der Waals surface area contributed by atoms with E-state index in [2.05, 4.69) is 5.32 Å². The SMILES string of the molecule is CCOC(=O)C1CCN(C(=O)C(=Cc2ccco2)NC(=O)c2ccccc2)CC1. The molecule has 0 atom stereocenters. The van der Waals surface area contributed by atoms with Crippen molar-refractivity contribution in [2.45, 2.75) is 19.8 Å². The lowest BCUT2D eigenvalue weighted by molar-refractivity contribution is -0.150. The van der Waals surface area contributed by atoms with E-state index in [1.165, 1.54) is 12.3 Å². The van der Waals surface area contributed by atoms with Gasteiger partial charge in [0.05, 0.1) is 18.8 Å². The van der Waals surface area contributed by atoms with E-state index in [-0.39, 0.29) is 29.4 Å². The molecule has 152 valence electrons. The summed E-state index contributed by atoms with van der Waals surface area (Å²) in [5.74, 6) is -0.645. The second-order valence-electron chi connectivity index (χ2n) is 6.71. The molecule has 7 heteroatoms. The summed E-state index contributed by atoms with van der Waals surface area (Å²) >= 11 is 0. The van der Waals surface area contributed by atoms with Crippen LogP contribution in [-0.2, 0) is 14.3 Å². The fraction of sp³-hybridized carbons (Fsp3) is 0.318. The van der Waals surface area contributed by atoms with Crippen LogP contribution in [0.2, 0.25) is 0 Å². The van der Waals surface area contributed by atoms with Crippen LogP contribution >= 0.6 is 0 Å². The van der Waals surface area contributed by atoms with Gasteiger partial charge >= 0.3 is 5.97 Å². The molecule has 0 bridgehead atoms. The number of esters is 1. The van der Waals surface area contributed by atoms with Crippen LogP contribution in [-0.4, -0.2) is 42.4 Å². The summed E-state index contributed by atoms with van der Waals surface area (Å²) in [5.41, 5.74) is 0.579. The maximum atomic E-state index is 13.1. The minimum atomic E-state index is -0.377. The molecule has 1 aliphatic rings. The molecule has 0 saturated carbocycles. The number of carbonyl (C=O) groups excluding carboxylic acids is 3. The Hall–Kier alpha value is -3.35. The van der Waals surface area contributed by atoms with Gasteiger partial charge in [-0.3, -0.25) is 14.4 Å². The molecule has 1 aliphatic heterocycles. The average Bonchev–Trinajstić information content (AvgIpc) is 3.27. The summed E-state index contributed by atoms with van der Waals surface area (Å²) in [5, 5.41) is 2.70. The van der Waals surface area contributed by atoms with Crippen LogP contribution in [0.5, 0.6) is 0 Å². The fourth-order valence-corrected chi connectivity index (χ4v) is 3.20. The van der Waals surface area contributed by atoms with Crippen molar-refractivity contribution in [3.05, 3.63) is 65.7 Å². The number of furan rings is 1.